The topological polar surface area (TPSA) is 88.2 Å². The first kappa shape index (κ1) is 22.6. The van der Waals surface area contributed by atoms with Crippen molar-refractivity contribution < 1.29 is 24.0 Å². The second-order valence-electron chi connectivity index (χ2n) is 8.37. The van der Waals surface area contributed by atoms with E-state index in [9.17, 15) is 14.4 Å². The summed E-state index contributed by atoms with van der Waals surface area (Å²) in [5.74, 6) is -1.24. The van der Waals surface area contributed by atoms with E-state index in [1.807, 2.05) is 49.4 Å². The molecule has 5 rings (SSSR count). The van der Waals surface area contributed by atoms with Crippen molar-refractivity contribution in [2.75, 3.05) is 21.9 Å². The molecule has 0 unspecified atom stereocenters. The van der Waals surface area contributed by atoms with E-state index in [2.05, 4.69) is 5.32 Å². The molecule has 0 bridgehead atoms. The van der Waals surface area contributed by atoms with Crippen LogP contribution in [0.3, 0.4) is 0 Å². The fourth-order valence-corrected chi connectivity index (χ4v) is 4.68. The molecule has 3 aromatic rings. The van der Waals surface area contributed by atoms with Gasteiger partial charge in [0.1, 0.15) is 11.7 Å². The minimum absolute atomic E-state index is 0.173. The maximum Gasteiger partial charge on any atom is 0.266 e. The molecular formula is C27H25N3O5. The third kappa shape index (κ3) is 4.02. The number of nitrogens with zero attached hydrogens (tertiary/aromatic N) is 2. The molecule has 2 saturated heterocycles. The third-order valence-corrected chi connectivity index (χ3v) is 6.10. The Morgan fingerprint density at radius 3 is 2.31 bits per heavy atom. The Hall–Kier alpha value is -4.17. The summed E-state index contributed by atoms with van der Waals surface area (Å²) in [5, 5.41) is 4.39. The van der Waals surface area contributed by atoms with E-state index in [0.29, 0.717) is 23.7 Å². The Labute approximate surface area is 203 Å². The number of anilines is 3. The molecule has 0 aromatic heterocycles. The average molecular weight is 472 g/mol. The zero-order valence-corrected chi connectivity index (χ0v) is 19.4. The molecule has 178 valence electrons. The molecule has 3 amide bonds. The number of nitrogens with one attached hydrogen (secondary N) is 1. The van der Waals surface area contributed by atoms with Gasteiger partial charge >= 0.3 is 0 Å². The van der Waals surface area contributed by atoms with Crippen molar-refractivity contribution in [1.29, 1.82) is 0 Å². The lowest BCUT2D eigenvalue weighted by Gasteiger charge is -2.29. The number of imide groups is 1. The van der Waals surface area contributed by atoms with Gasteiger partial charge in [-0.25, -0.2) is 9.96 Å². The number of ether oxygens (including phenoxy) is 1. The summed E-state index contributed by atoms with van der Waals surface area (Å²) in [6.45, 7) is 3.69. The standard InChI is InChI=1S/C27H25N3O5/c1-3-34-22-12-8-7-11-21(22)29-26(32)23-24(18-13-15-19(16-14-18)28-17(2)31)30(35-25(23)27(29)33)20-9-5-4-6-10-20/h4-16,23-25H,3H2,1-2H3,(H,28,31)/t23-,24+,25-/m1/s1. The maximum atomic E-state index is 13.8. The molecule has 3 aromatic carbocycles. The number of hydroxylamine groups is 1. The van der Waals surface area contributed by atoms with E-state index < -0.39 is 24.0 Å². The van der Waals surface area contributed by atoms with Crippen molar-refractivity contribution in [3.8, 4) is 5.75 Å². The molecule has 0 saturated carbocycles. The normalized spacial score (nSPS) is 21.3. The van der Waals surface area contributed by atoms with Crippen LogP contribution in [0.4, 0.5) is 17.1 Å². The van der Waals surface area contributed by atoms with Crippen LogP contribution in [-0.4, -0.2) is 30.4 Å². The number of benzene rings is 3. The van der Waals surface area contributed by atoms with Crippen molar-refractivity contribution in [2.24, 2.45) is 5.92 Å². The number of hydrogen-bond acceptors (Lipinski definition) is 6. The van der Waals surface area contributed by atoms with Gasteiger partial charge in [0.05, 0.1) is 24.0 Å². The van der Waals surface area contributed by atoms with Crippen LogP contribution in [0, 0.1) is 5.92 Å². The first-order chi connectivity index (χ1) is 17.0. The van der Waals surface area contributed by atoms with Gasteiger partial charge in [0.15, 0.2) is 6.10 Å². The van der Waals surface area contributed by atoms with Crippen molar-refractivity contribution in [2.45, 2.75) is 26.0 Å². The highest BCUT2D eigenvalue weighted by molar-refractivity contribution is 6.24. The van der Waals surface area contributed by atoms with E-state index in [4.69, 9.17) is 9.57 Å². The summed E-state index contributed by atoms with van der Waals surface area (Å²) in [6.07, 6.45) is -0.975. The van der Waals surface area contributed by atoms with Crippen LogP contribution >= 0.6 is 0 Å². The van der Waals surface area contributed by atoms with Gasteiger partial charge in [-0.15, -0.1) is 0 Å². The first-order valence-corrected chi connectivity index (χ1v) is 11.5. The predicted molar refractivity (Wildman–Crippen MR) is 131 cm³/mol. The number of fused-ring (bicyclic) bond motifs is 1. The summed E-state index contributed by atoms with van der Waals surface area (Å²) < 4.78 is 5.68. The van der Waals surface area contributed by atoms with Crippen LogP contribution in [0.15, 0.2) is 78.9 Å². The SMILES string of the molecule is CCOc1ccccc1N1C(=O)[C@H]2[C@@H](ON(c3ccccc3)[C@H]2c2ccc(NC(C)=O)cc2)C1=O. The van der Waals surface area contributed by atoms with Gasteiger partial charge in [-0.05, 0) is 48.9 Å². The smallest absolute Gasteiger partial charge is 0.266 e. The minimum atomic E-state index is -0.975. The molecular weight excluding hydrogens is 446 g/mol. The maximum absolute atomic E-state index is 13.8. The highest BCUT2D eigenvalue weighted by Crippen LogP contribution is 2.48. The second kappa shape index (κ2) is 9.23. The van der Waals surface area contributed by atoms with Crippen LogP contribution in [0.5, 0.6) is 5.75 Å². The zero-order chi connectivity index (χ0) is 24.5. The van der Waals surface area contributed by atoms with Gasteiger partial charge < -0.3 is 10.1 Å². The van der Waals surface area contributed by atoms with Crippen molar-refractivity contribution in [3.05, 3.63) is 84.4 Å². The molecule has 3 atom stereocenters. The number of carbonyl (C=O) groups is 3. The number of carbonyl (C=O) groups excluding carboxylic acids is 3. The summed E-state index contributed by atoms with van der Waals surface area (Å²) >= 11 is 0. The molecule has 1 N–H and O–H groups in total. The van der Waals surface area contributed by atoms with E-state index in [1.165, 1.54) is 11.8 Å². The summed E-state index contributed by atoms with van der Waals surface area (Å²) in [6, 6.07) is 23.1. The number of amides is 3. The number of rotatable bonds is 6. The van der Waals surface area contributed by atoms with Gasteiger partial charge in [-0.1, -0.05) is 42.5 Å². The summed E-state index contributed by atoms with van der Waals surface area (Å²) in [5.41, 5.74) is 2.58. The van der Waals surface area contributed by atoms with Crippen LogP contribution < -0.4 is 20.0 Å². The van der Waals surface area contributed by atoms with Gasteiger partial charge in [0.2, 0.25) is 11.8 Å². The first-order valence-electron chi connectivity index (χ1n) is 11.5. The van der Waals surface area contributed by atoms with Gasteiger partial charge in [0, 0.05) is 12.6 Å². The molecule has 2 heterocycles. The van der Waals surface area contributed by atoms with Crippen molar-refractivity contribution >= 4 is 34.8 Å². The van der Waals surface area contributed by atoms with Crippen LogP contribution in [0.2, 0.25) is 0 Å². The molecule has 0 aliphatic carbocycles. The monoisotopic (exact) mass is 471 g/mol. The summed E-state index contributed by atoms with van der Waals surface area (Å²) in [7, 11) is 0. The van der Waals surface area contributed by atoms with Gasteiger partial charge in [-0.3, -0.25) is 19.2 Å². The predicted octanol–water partition coefficient (Wildman–Crippen LogP) is 4.09. The molecule has 0 radical (unpaired) electrons. The van der Waals surface area contributed by atoms with E-state index in [0.717, 1.165) is 11.3 Å². The lowest BCUT2D eigenvalue weighted by molar-refractivity contribution is -0.126. The largest absolute Gasteiger partial charge is 0.492 e. The van der Waals surface area contributed by atoms with E-state index in [-0.39, 0.29) is 11.8 Å². The van der Waals surface area contributed by atoms with Crippen LogP contribution in [-0.2, 0) is 19.2 Å². The van der Waals surface area contributed by atoms with Gasteiger partial charge in [0.25, 0.3) is 5.91 Å². The molecule has 8 nitrogen and oxygen atoms in total. The molecule has 35 heavy (non-hydrogen) atoms. The lowest BCUT2D eigenvalue weighted by atomic mass is 9.90. The Bertz CT molecular complexity index is 1260. The molecule has 2 aliphatic heterocycles. The number of hydrogen-bond donors (Lipinski definition) is 1. The van der Waals surface area contributed by atoms with Crippen LogP contribution in [0.1, 0.15) is 25.5 Å². The lowest BCUT2D eigenvalue weighted by Crippen LogP contribution is -2.37. The fourth-order valence-electron chi connectivity index (χ4n) is 4.68. The Morgan fingerprint density at radius 1 is 0.943 bits per heavy atom. The molecule has 0 spiro atoms. The van der Waals surface area contributed by atoms with Crippen molar-refractivity contribution in [3.63, 3.8) is 0 Å². The minimum Gasteiger partial charge on any atom is -0.492 e. The summed E-state index contributed by atoms with van der Waals surface area (Å²) in [4.78, 5) is 46.1. The molecule has 2 fully saturated rings. The van der Waals surface area contributed by atoms with Crippen molar-refractivity contribution in [1.82, 2.24) is 0 Å². The van der Waals surface area contributed by atoms with Crippen LogP contribution in [0.25, 0.3) is 0 Å². The third-order valence-electron chi connectivity index (χ3n) is 6.10. The second-order valence-corrected chi connectivity index (χ2v) is 8.37. The Morgan fingerprint density at radius 2 is 1.63 bits per heavy atom. The fraction of sp³-hybridized carbons (Fsp3) is 0.222. The zero-order valence-electron chi connectivity index (χ0n) is 19.4. The molecule has 8 heteroatoms. The van der Waals surface area contributed by atoms with E-state index in [1.54, 1.807) is 41.5 Å². The Balaban J connectivity index is 1.55. The number of para-hydroxylation sites is 3. The molecule has 2 aliphatic rings. The van der Waals surface area contributed by atoms with Gasteiger partial charge in [-0.2, -0.15) is 0 Å². The highest BCUT2D eigenvalue weighted by atomic mass is 16.7. The average Bonchev–Trinajstić information content (AvgIpc) is 3.36. The van der Waals surface area contributed by atoms with E-state index >= 15 is 0 Å². The quantitative estimate of drug-likeness (QED) is 0.545. The highest BCUT2D eigenvalue weighted by Gasteiger charge is 2.60. The Kier molecular flexibility index (Phi) is 5.96.